The Morgan fingerprint density at radius 1 is 0.527 bits per heavy atom. The molecular formula is C93H158N2O15. The molecule has 17 nitrogen and oxygen atoms in total. The van der Waals surface area contributed by atoms with Crippen LogP contribution in [-0.2, 0) is 73.4 Å². The lowest BCUT2D eigenvalue weighted by Crippen LogP contribution is -2.28. The van der Waals surface area contributed by atoms with E-state index in [-0.39, 0.29) is 102 Å². The highest BCUT2D eigenvalue weighted by Gasteiger charge is 2.25. The van der Waals surface area contributed by atoms with Crippen LogP contribution >= 0.6 is 0 Å². The molecule has 17 heteroatoms. The molecule has 0 aromatic carbocycles. The fraction of sp³-hybridized carbons (Fsp3) is 0.634. The van der Waals surface area contributed by atoms with Gasteiger partial charge in [0.1, 0.15) is 18.5 Å². The molecule has 1 N–H and O–H groups in total. The Morgan fingerprint density at radius 3 is 1.22 bits per heavy atom. The number of carbonyl (C=O) groups is 9. The molecule has 0 bridgehead atoms. The van der Waals surface area contributed by atoms with Crippen LogP contribution in [0.2, 0.25) is 0 Å². The van der Waals surface area contributed by atoms with Gasteiger partial charge in [-0.1, -0.05) is 256 Å². The maximum Gasteiger partial charge on any atom is 0.330 e. The number of ether oxygens (including phenoxy) is 5. The highest BCUT2D eigenvalue weighted by Crippen LogP contribution is 2.26. The highest BCUT2D eigenvalue weighted by atomic mass is 16.5. The van der Waals surface area contributed by atoms with Gasteiger partial charge in [0.05, 0.1) is 31.5 Å². The first-order valence-electron chi connectivity index (χ1n) is 37.4. The smallest absolute Gasteiger partial charge is 0.330 e. The molecule has 0 aliphatic rings. The van der Waals surface area contributed by atoms with Crippen LogP contribution in [-0.4, -0.2) is 112 Å². The molecule has 2 atom stereocenters. The van der Waals surface area contributed by atoms with Gasteiger partial charge in [0.15, 0.2) is 23.1 Å². The number of hydrogen-bond acceptors (Lipinski definition) is 16. The van der Waals surface area contributed by atoms with Crippen molar-refractivity contribution >= 4 is 58.9 Å². The van der Waals surface area contributed by atoms with Crippen molar-refractivity contribution in [3.8, 4) is 24.7 Å². The van der Waals surface area contributed by atoms with Crippen LogP contribution in [0.3, 0.4) is 0 Å². The summed E-state index contributed by atoms with van der Waals surface area (Å²) in [5, 5.41) is 9.41. The summed E-state index contributed by atoms with van der Waals surface area (Å²) >= 11 is 0. The summed E-state index contributed by atoms with van der Waals surface area (Å²) in [6, 6.07) is 0. The minimum absolute atomic E-state index is 0.0299. The lowest BCUT2D eigenvalue weighted by Gasteiger charge is -2.26. The van der Waals surface area contributed by atoms with Gasteiger partial charge in [-0.25, -0.2) is 19.4 Å². The molecule has 1 aromatic rings. The number of aliphatic hydroxyl groups is 1. The number of Topliss-reactive ketones (excluding diaryl/α,β-unsaturated/α-hetero) is 2. The third kappa shape index (κ3) is 109. The van der Waals surface area contributed by atoms with Crippen LogP contribution in [0.1, 0.15) is 294 Å². The highest BCUT2D eigenvalue weighted by molar-refractivity contribution is 5.95. The van der Waals surface area contributed by atoms with Gasteiger partial charge in [-0.3, -0.25) is 28.8 Å². The van der Waals surface area contributed by atoms with E-state index in [9.17, 15) is 48.3 Å². The fourth-order valence-electron chi connectivity index (χ4n) is 7.43. The summed E-state index contributed by atoms with van der Waals surface area (Å²) in [5.74, 6) is 4.35. The summed E-state index contributed by atoms with van der Waals surface area (Å²) in [6.07, 6.45) is 30.0. The molecule has 1 rings (SSSR count). The van der Waals surface area contributed by atoms with E-state index in [0.717, 1.165) is 29.6 Å². The molecule has 0 radical (unpaired) electrons. The van der Waals surface area contributed by atoms with Gasteiger partial charge in [-0.05, 0) is 135 Å². The summed E-state index contributed by atoms with van der Waals surface area (Å²) < 4.78 is 26.6. The first-order chi connectivity index (χ1) is 49.1. The second-order valence-corrected chi connectivity index (χ2v) is 38.4. The van der Waals surface area contributed by atoms with Crippen LogP contribution < -0.4 is 0 Å². The van der Waals surface area contributed by atoms with Crippen molar-refractivity contribution < 1.29 is 71.9 Å². The average molecular weight is 1540 g/mol. The number of aliphatic hydroxyl groups excluding tert-OH is 1. The monoisotopic (exact) mass is 1540 g/mol. The number of imidazole rings is 1. The van der Waals surface area contributed by atoms with Crippen molar-refractivity contribution in [1.82, 2.24) is 9.55 Å². The van der Waals surface area contributed by atoms with Gasteiger partial charge >= 0.3 is 23.9 Å². The maximum atomic E-state index is 11.2. The maximum absolute atomic E-state index is 11.2. The lowest BCUT2D eigenvalue weighted by atomic mass is 9.87. The summed E-state index contributed by atoms with van der Waals surface area (Å²) in [5.41, 5.74) is 3.12. The molecule has 0 spiro atoms. The zero-order valence-electron chi connectivity index (χ0n) is 76.2. The van der Waals surface area contributed by atoms with Crippen LogP contribution in [0, 0.1) is 73.4 Å². The first-order valence-corrected chi connectivity index (χ1v) is 37.4. The van der Waals surface area contributed by atoms with E-state index >= 15 is 0 Å². The quantitative estimate of drug-likeness (QED) is 0.0268. The van der Waals surface area contributed by atoms with Gasteiger partial charge in [0.2, 0.25) is 5.78 Å². The van der Waals surface area contributed by atoms with Crippen molar-refractivity contribution in [2.24, 2.45) is 48.7 Å². The molecule has 1 heterocycles. The van der Waals surface area contributed by atoms with E-state index in [1.54, 1.807) is 37.3 Å². The Balaban J connectivity index is -0.000000147. The van der Waals surface area contributed by atoms with Crippen molar-refractivity contribution in [2.45, 2.75) is 312 Å². The number of carbonyl (C=O) groups excluding carboxylic acids is 9. The van der Waals surface area contributed by atoms with Gasteiger partial charge in [0, 0.05) is 87.2 Å². The average Bonchev–Trinajstić information content (AvgIpc) is 1.66. The second-order valence-electron chi connectivity index (χ2n) is 38.4. The number of ketones is 5. The molecular weight excluding hydrogens is 1390 g/mol. The SMILES string of the molecule is C#CC(=C)C(O)CC(C)(C)C.C#CC(=O)CC(C)(C)C.C=CC(=O)CC(C)(C)C.C=CC(=O)OC(C=C)C(C)(C)C.C=CC(=O)OCC(C)(C)C.C=Cc1nccn1CC(C)(C)C.CC(=O)OCC(=O)CC(C)(C)C.CC(C)=CC(=O)CC(C)(C)C.CC(C)=CC(=O)CC(C)(C)C.CCOC(=O)/C=C/COC(C)(C)C. The third-order valence-electron chi connectivity index (χ3n) is 11.7. The summed E-state index contributed by atoms with van der Waals surface area (Å²) in [6.45, 7) is 95.0. The fourth-order valence-corrected chi connectivity index (χ4v) is 7.43. The molecule has 0 aliphatic heterocycles. The number of hydrogen-bond donors (Lipinski definition) is 1. The van der Waals surface area contributed by atoms with Crippen LogP contribution in [0.5, 0.6) is 0 Å². The van der Waals surface area contributed by atoms with E-state index in [4.69, 9.17) is 31.8 Å². The molecule has 0 fully saturated rings. The number of allylic oxidation sites excluding steroid dienone is 5. The largest absolute Gasteiger partial charge is 0.463 e. The van der Waals surface area contributed by atoms with E-state index in [1.807, 2.05) is 165 Å². The van der Waals surface area contributed by atoms with Crippen LogP contribution in [0.4, 0.5) is 0 Å². The number of rotatable bonds is 23. The normalized spacial score (nSPS) is 11.6. The van der Waals surface area contributed by atoms with E-state index in [2.05, 4.69) is 149 Å². The van der Waals surface area contributed by atoms with Crippen molar-refractivity contribution in [3.63, 3.8) is 0 Å². The van der Waals surface area contributed by atoms with E-state index < -0.39 is 18.0 Å². The molecule has 2 unspecified atom stereocenters. The lowest BCUT2D eigenvalue weighted by molar-refractivity contribution is -0.146. The molecule has 110 heavy (non-hydrogen) atoms. The predicted octanol–water partition coefficient (Wildman–Crippen LogP) is 21.8. The zero-order chi connectivity index (χ0) is 89.5. The minimum Gasteiger partial charge on any atom is -0.463 e. The zero-order valence-corrected chi connectivity index (χ0v) is 76.2. The van der Waals surface area contributed by atoms with Crippen LogP contribution in [0.15, 0.2) is 117 Å². The van der Waals surface area contributed by atoms with Crippen molar-refractivity contribution in [2.75, 3.05) is 26.4 Å². The Labute approximate surface area is 672 Å². The predicted molar refractivity (Wildman–Crippen MR) is 462 cm³/mol. The molecule has 0 aliphatic carbocycles. The van der Waals surface area contributed by atoms with E-state index in [1.165, 1.54) is 25.2 Å². The first kappa shape index (κ1) is 120. The Morgan fingerprint density at radius 2 is 0.945 bits per heavy atom. The molecule has 630 valence electrons. The summed E-state index contributed by atoms with van der Waals surface area (Å²) in [4.78, 5) is 101. The van der Waals surface area contributed by atoms with Crippen molar-refractivity contribution in [1.29, 1.82) is 0 Å². The van der Waals surface area contributed by atoms with Gasteiger partial charge < -0.3 is 33.4 Å². The number of terminal acetylenes is 2. The van der Waals surface area contributed by atoms with Gasteiger partial charge in [0.25, 0.3) is 0 Å². The molecule has 0 saturated carbocycles. The Kier molecular flexibility index (Phi) is 65.6. The van der Waals surface area contributed by atoms with Crippen molar-refractivity contribution in [3.05, 3.63) is 123 Å². The van der Waals surface area contributed by atoms with Gasteiger partial charge in [-0.15, -0.1) is 12.8 Å². The molecule has 1 aromatic heterocycles. The Hall–Kier alpha value is -7.86. The van der Waals surface area contributed by atoms with Gasteiger partial charge in [-0.2, -0.15) is 0 Å². The topological polar surface area (TPSA) is 238 Å². The minimum atomic E-state index is -0.556. The third-order valence-corrected chi connectivity index (χ3v) is 11.7. The standard InChI is InChI=1S/C10H16N2.C10H18O3.C10H16O2.2C10H18O.C10H16O.C9H16O3.C8H14O2.C8H14O.C8H12O/c1-5-9-11-6-7-12(9)8-10(2,3)4;1-5-12-9(11)7-6-8-13-10(2,3)4;1-6-8(10(3,4)5)12-9(11)7-2;2*1-8(2)6-9(11)7-10(3,4)5;1-6-8(2)9(11)7-10(3,4)5;1-7(10)12-6-8(11)5-9(2,3)4;1-5-7(9)10-6-8(2,3)4;2*1-5-7(9)6-8(2,3)4/h5-7H,1,8H2,2-4H3;6-7H,5,8H2,1-4H3;6-8H,1-2H2,3-5H3;2*6H,7H2,1-5H3;1,9,11H,2,7H2,3-5H3;5-6H2,1-4H3;5H,1,6H2,2-4H3;5H,1,6H2,2-4H3;1H,6H2,2-4H3/b;7-6+;;;;;;;;. The molecule has 0 amide bonds. The number of nitrogens with zero attached hydrogens (tertiary/aromatic N) is 2. The summed E-state index contributed by atoms with van der Waals surface area (Å²) in [7, 11) is 0. The number of esters is 4. The molecule has 0 saturated heterocycles. The Bertz CT molecular complexity index is 3060. The van der Waals surface area contributed by atoms with Crippen LogP contribution in [0.25, 0.3) is 6.08 Å². The second kappa shape index (κ2) is 59.9. The van der Waals surface area contributed by atoms with E-state index in [0.29, 0.717) is 69.3 Å². The number of aromatic nitrogens is 2.